The molecule has 0 unspecified atom stereocenters. The molecule has 0 saturated carbocycles. The van der Waals surface area contributed by atoms with Crippen molar-refractivity contribution in [3.05, 3.63) is 29.8 Å². The molecule has 0 amide bonds. The van der Waals surface area contributed by atoms with Gasteiger partial charge in [0.25, 0.3) is 0 Å². The summed E-state index contributed by atoms with van der Waals surface area (Å²) in [6, 6.07) is 8.40. The zero-order valence-electron chi connectivity index (χ0n) is 8.01. The van der Waals surface area contributed by atoms with Crippen molar-refractivity contribution < 1.29 is 8.42 Å². The highest BCUT2D eigenvalue weighted by atomic mass is 79.9. The van der Waals surface area contributed by atoms with E-state index in [-0.39, 0.29) is 4.66 Å². The van der Waals surface area contributed by atoms with Crippen LogP contribution in [0.3, 0.4) is 0 Å². The van der Waals surface area contributed by atoms with E-state index in [1.165, 1.54) is 13.1 Å². The average molecular weight is 289 g/mol. The van der Waals surface area contributed by atoms with Crippen molar-refractivity contribution in [2.24, 2.45) is 0 Å². The average Bonchev–Trinajstić information content (AvgIpc) is 2.28. The van der Waals surface area contributed by atoms with Gasteiger partial charge < -0.3 is 0 Å². The van der Waals surface area contributed by atoms with Crippen LogP contribution in [0.25, 0.3) is 0 Å². The number of hydrogen-bond donors (Lipinski definition) is 0. The topological polar surface area (TPSA) is 61.2 Å². The van der Waals surface area contributed by atoms with Crippen LogP contribution in [0, 0.1) is 11.3 Å². The lowest BCUT2D eigenvalue weighted by atomic mass is 10.2. The molecule has 1 rings (SSSR count). The van der Waals surface area contributed by atoms with E-state index < -0.39 is 10.0 Å². The standard InChI is InChI=1S/C9H9BrN2O2S/c1-12(15(13,14)7-10)9-4-2-3-8(5-9)6-11/h2-5H,7H2,1H3. The third-order valence-electron chi connectivity index (χ3n) is 1.89. The number of rotatable bonds is 3. The highest BCUT2D eigenvalue weighted by molar-refractivity contribution is 9.10. The Hall–Kier alpha value is -1.06. The molecule has 15 heavy (non-hydrogen) atoms. The summed E-state index contributed by atoms with van der Waals surface area (Å²) in [5.41, 5.74) is 0.914. The number of benzene rings is 1. The summed E-state index contributed by atoms with van der Waals surface area (Å²) in [6.45, 7) is 0. The molecule has 0 aliphatic carbocycles. The Bertz CT molecular complexity index is 493. The van der Waals surface area contributed by atoms with Gasteiger partial charge in [-0.3, -0.25) is 4.31 Å². The number of halogens is 1. The first kappa shape index (κ1) is 12.0. The van der Waals surface area contributed by atoms with Gasteiger partial charge in [-0.2, -0.15) is 5.26 Å². The van der Waals surface area contributed by atoms with Crippen molar-refractivity contribution in [3.8, 4) is 6.07 Å². The van der Waals surface area contributed by atoms with Crippen molar-refractivity contribution in [3.63, 3.8) is 0 Å². The van der Waals surface area contributed by atoms with Crippen LogP contribution in [0.1, 0.15) is 5.56 Å². The van der Waals surface area contributed by atoms with Gasteiger partial charge in [-0.15, -0.1) is 0 Å². The Morgan fingerprint density at radius 1 is 1.53 bits per heavy atom. The lowest BCUT2D eigenvalue weighted by molar-refractivity contribution is 0.599. The minimum absolute atomic E-state index is 0.146. The van der Waals surface area contributed by atoms with Crippen LogP contribution in [-0.2, 0) is 10.0 Å². The second-order valence-corrected chi connectivity index (χ2v) is 6.15. The van der Waals surface area contributed by atoms with Crippen LogP contribution in [-0.4, -0.2) is 20.1 Å². The highest BCUT2D eigenvalue weighted by Crippen LogP contribution is 2.18. The van der Waals surface area contributed by atoms with E-state index in [1.54, 1.807) is 18.2 Å². The van der Waals surface area contributed by atoms with Crippen molar-refractivity contribution in [1.29, 1.82) is 5.26 Å². The first-order valence-electron chi connectivity index (χ1n) is 4.04. The summed E-state index contributed by atoms with van der Waals surface area (Å²) in [4.78, 5) is 0. The van der Waals surface area contributed by atoms with Crippen molar-refractivity contribution >= 4 is 31.6 Å². The Kier molecular flexibility index (Phi) is 3.72. The van der Waals surface area contributed by atoms with E-state index >= 15 is 0 Å². The predicted molar refractivity (Wildman–Crippen MR) is 62.3 cm³/mol. The Labute approximate surface area is 97.3 Å². The van der Waals surface area contributed by atoms with Gasteiger partial charge in [0.15, 0.2) is 0 Å². The maximum Gasteiger partial charge on any atom is 0.244 e. The molecule has 4 nitrogen and oxygen atoms in total. The molecule has 0 fully saturated rings. The molecule has 0 bridgehead atoms. The molecule has 0 radical (unpaired) electrons. The lowest BCUT2D eigenvalue weighted by Crippen LogP contribution is -2.27. The molecule has 6 heteroatoms. The fourth-order valence-corrected chi connectivity index (χ4v) is 2.51. The molecule has 80 valence electrons. The van der Waals surface area contributed by atoms with Crippen molar-refractivity contribution in [2.75, 3.05) is 16.0 Å². The van der Waals surface area contributed by atoms with Crippen molar-refractivity contribution in [1.82, 2.24) is 0 Å². The van der Waals surface area contributed by atoms with Gasteiger partial charge >= 0.3 is 0 Å². The molecule has 1 aromatic rings. The van der Waals surface area contributed by atoms with Crippen molar-refractivity contribution in [2.45, 2.75) is 0 Å². The SMILES string of the molecule is CN(c1cccc(C#N)c1)S(=O)(=O)CBr. The zero-order valence-corrected chi connectivity index (χ0v) is 10.4. The monoisotopic (exact) mass is 288 g/mol. The Morgan fingerprint density at radius 3 is 2.73 bits per heavy atom. The summed E-state index contributed by atoms with van der Waals surface area (Å²) in [5.74, 6) is 0. The third kappa shape index (κ3) is 2.70. The van der Waals surface area contributed by atoms with Crippen LogP contribution in [0.2, 0.25) is 0 Å². The van der Waals surface area contributed by atoms with Crippen LogP contribution < -0.4 is 4.31 Å². The summed E-state index contributed by atoms with van der Waals surface area (Å²) in [5, 5.41) is 8.68. The molecule has 0 saturated heterocycles. The van der Waals surface area contributed by atoms with E-state index in [1.807, 2.05) is 6.07 Å². The number of sulfonamides is 1. The van der Waals surface area contributed by atoms with E-state index in [9.17, 15) is 8.42 Å². The first-order valence-corrected chi connectivity index (χ1v) is 6.77. The summed E-state index contributed by atoms with van der Waals surface area (Å²) in [6.07, 6.45) is 0. The first-order chi connectivity index (χ1) is 7.01. The zero-order chi connectivity index (χ0) is 11.5. The third-order valence-corrected chi connectivity index (χ3v) is 4.95. The maximum absolute atomic E-state index is 11.5. The lowest BCUT2D eigenvalue weighted by Gasteiger charge is -2.17. The molecular weight excluding hydrogens is 280 g/mol. The molecule has 0 heterocycles. The van der Waals surface area contributed by atoms with Crippen LogP contribution in [0.5, 0.6) is 0 Å². The molecule has 0 N–H and O–H groups in total. The van der Waals surface area contributed by atoms with E-state index in [4.69, 9.17) is 5.26 Å². The predicted octanol–water partition coefficient (Wildman–Crippen LogP) is 1.68. The molecule has 0 atom stereocenters. The summed E-state index contributed by atoms with van der Waals surface area (Å²) >= 11 is 2.91. The second kappa shape index (κ2) is 4.64. The quantitative estimate of drug-likeness (QED) is 0.795. The largest absolute Gasteiger partial charge is 0.273 e. The summed E-state index contributed by atoms with van der Waals surface area (Å²) in [7, 11) is -1.88. The number of hydrogen-bond acceptors (Lipinski definition) is 3. The van der Waals surface area contributed by atoms with Crippen LogP contribution in [0.15, 0.2) is 24.3 Å². The van der Waals surface area contributed by atoms with Gasteiger partial charge in [-0.1, -0.05) is 22.0 Å². The Morgan fingerprint density at radius 2 is 2.20 bits per heavy atom. The van der Waals surface area contributed by atoms with Gasteiger partial charge in [-0.25, -0.2) is 8.42 Å². The Balaban J connectivity index is 3.13. The molecule has 0 spiro atoms. The molecule has 0 aliphatic rings. The number of anilines is 1. The van der Waals surface area contributed by atoms with Gasteiger partial charge in [0.2, 0.25) is 10.0 Å². The summed E-state index contributed by atoms with van der Waals surface area (Å²) < 4.78 is 24.0. The molecule has 1 aromatic carbocycles. The van der Waals surface area contributed by atoms with Gasteiger partial charge in [0.05, 0.1) is 17.3 Å². The molecular formula is C9H9BrN2O2S. The highest BCUT2D eigenvalue weighted by Gasteiger charge is 2.16. The fraction of sp³-hybridized carbons (Fsp3) is 0.222. The number of alkyl halides is 1. The van der Waals surface area contributed by atoms with E-state index in [0.717, 1.165) is 4.31 Å². The van der Waals surface area contributed by atoms with Crippen LogP contribution in [0.4, 0.5) is 5.69 Å². The minimum Gasteiger partial charge on any atom is -0.273 e. The molecule has 0 aromatic heterocycles. The van der Waals surface area contributed by atoms with Gasteiger partial charge in [0, 0.05) is 7.05 Å². The number of nitriles is 1. The second-order valence-electron chi connectivity index (χ2n) is 2.85. The number of nitrogens with zero attached hydrogens (tertiary/aromatic N) is 2. The van der Waals surface area contributed by atoms with Crippen LogP contribution >= 0.6 is 15.9 Å². The minimum atomic E-state index is -3.34. The molecule has 0 aliphatic heterocycles. The van der Waals surface area contributed by atoms with E-state index in [2.05, 4.69) is 15.9 Å². The smallest absolute Gasteiger partial charge is 0.244 e. The van der Waals surface area contributed by atoms with Gasteiger partial charge in [0.1, 0.15) is 4.66 Å². The maximum atomic E-state index is 11.5. The normalized spacial score (nSPS) is 10.7. The fourth-order valence-electron chi connectivity index (χ4n) is 1.01. The van der Waals surface area contributed by atoms with Gasteiger partial charge in [-0.05, 0) is 18.2 Å². The van der Waals surface area contributed by atoms with E-state index in [0.29, 0.717) is 11.3 Å².